The Bertz CT molecular complexity index is 217. The molecule has 0 aromatic heterocycles. The van der Waals surface area contributed by atoms with Crippen molar-refractivity contribution in [2.24, 2.45) is 0 Å². The zero-order valence-corrected chi connectivity index (χ0v) is 10.5. The predicted molar refractivity (Wildman–Crippen MR) is 62.3 cm³/mol. The molecule has 16 heavy (non-hydrogen) atoms. The molecule has 1 aliphatic rings. The number of hydrogen-bond donors (Lipinski definition) is 1. The van der Waals surface area contributed by atoms with Crippen LogP contribution in [0.25, 0.3) is 0 Å². The standard InChI is InChI=1S/C12H23NO3/c1-12(2,3)16-11(14)6-7-13-9-10-5-4-8-15-10/h10,13H,4-9H2,1-3H3/t10-/m0/s1. The van der Waals surface area contributed by atoms with Gasteiger partial charge in [0.25, 0.3) is 0 Å². The molecule has 4 nitrogen and oxygen atoms in total. The minimum absolute atomic E-state index is 0.146. The van der Waals surface area contributed by atoms with E-state index < -0.39 is 0 Å². The second-order valence-electron chi connectivity index (χ2n) is 5.18. The minimum Gasteiger partial charge on any atom is -0.460 e. The van der Waals surface area contributed by atoms with E-state index in [2.05, 4.69) is 5.32 Å². The second kappa shape index (κ2) is 6.21. The summed E-state index contributed by atoms with van der Waals surface area (Å²) in [5.41, 5.74) is -0.383. The molecular formula is C12H23NO3. The van der Waals surface area contributed by atoms with Gasteiger partial charge >= 0.3 is 5.97 Å². The van der Waals surface area contributed by atoms with Gasteiger partial charge in [-0.25, -0.2) is 0 Å². The maximum atomic E-state index is 11.4. The summed E-state index contributed by atoms with van der Waals surface area (Å²) in [6, 6.07) is 0. The summed E-state index contributed by atoms with van der Waals surface area (Å²) in [7, 11) is 0. The van der Waals surface area contributed by atoms with E-state index in [4.69, 9.17) is 9.47 Å². The van der Waals surface area contributed by atoms with Crippen LogP contribution >= 0.6 is 0 Å². The van der Waals surface area contributed by atoms with Gasteiger partial charge in [-0.2, -0.15) is 0 Å². The van der Waals surface area contributed by atoms with Crippen LogP contribution < -0.4 is 5.32 Å². The summed E-state index contributed by atoms with van der Waals surface area (Å²) in [6.45, 7) is 8.01. The van der Waals surface area contributed by atoms with E-state index in [-0.39, 0.29) is 11.6 Å². The molecule has 0 amide bonds. The fourth-order valence-electron chi connectivity index (χ4n) is 1.65. The van der Waals surface area contributed by atoms with E-state index in [0.717, 1.165) is 26.0 Å². The van der Waals surface area contributed by atoms with Crippen LogP contribution in [0.5, 0.6) is 0 Å². The number of hydrogen-bond acceptors (Lipinski definition) is 4. The molecule has 0 aromatic carbocycles. The number of carbonyl (C=O) groups excluding carboxylic acids is 1. The molecule has 0 aromatic rings. The van der Waals surface area contributed by atoms with Crippen LogP contribution in [0.15, 0.2) is 0 Å². The first-order valence-corrected chi connectivity index (χ1v) is 6.01. The van der Waals surface area contributed by atoms with Crippen molar-refractivity contribution in [3.63, 3.8) is 0 Å². The van der Waals surface area contributed by atoms with Gasteiger partial charge in [0.1, 0.15) is 5.60 Å². The molecule has 0 radical (unpaired) electrons. The van der Waals surface area contributed by atoms with Gasteiger partial charge in [-0.1, -0.05) is 0 Å². The normalized spacial score (nSPS) is 21.1. The first-order valence-electron chi connectivity index (χ1n) is 6.01. The summed E-state index contributed by atoms with van der Waals surface area (Å²) in [4.78, 5) is 11.4. The molecule has 0 unspecified atom stereocenters. The van der Waals surface area contributed by atoms with Crippen LogP contribution in [0, 0.1) is 0 Å². The van der Waals surface area contributed by atoms with E-state index in [9.17, 15) is 4.79 Å². The van der Waals surface area contributed by atoms with Crippen molar-refractivity contribution >= 4 is 5.97 Å². The Balaban J connectivity index is 2.00. The summed E-state index contributed by atoms with van der Waals surface area (Å²) in [6.07, 6.45) is 3.03. The highest BCUT2D eigenvalue weighted by molar-refractivity contribution is 5.70. The van der Waals surface area contributed by atoms with Gasteiger partial charge in [0.15, 0.2) is 0 Å². The van der Waals surface area contributed by atoms with Gasteiger partial charge in [0, 0.05) is 19.7 Å². The Labute approximate surface area is 97.7 Å². The van der Waals surface area contributed by atoms with Gasteiger partial charge < -0.3 is 14.8 Å². The fourth-order valence-corrected chi connectivity index (χ4v) is 1.65. The van der Waals surface area contributed by atoms with Gasteiger partial charge in [-0.05, 0) is 33.6 Å². The summed E-state index contributed by atoms with van der Waals surface area (Å²) in [5.74, 6) is -0.146. The minimum atomic E-state index is -0.383. The third-order valence-corrected chi connectivity index (χ3v) is 2.32. The molecule has 1 heterocycles. The summed E-state index contributed by atoms with van der Waals surface area (Å²) in [5, 5.41) is 3.22. The molecule has 94 valence electrons. The van der Waals surface area contributed by atoms with E-state index in [1.54, 1.807) is 0 Å². The van der Waals surface area contributed by atoms with Crippen LogP contribution in [0.4, 0.5) is 0 Å². The zero-order chi connectivity index (χ0) is 12.0. The Kier molecular flexibility index (Phi) is 5.22. The van der Waals surface area contributed by atoms with Crippen molar-refractivity contribution < 1.29 is 14.3 Å². The molecule has 0 saturated carbocycles. The molecule has 0 aliphatic carbocycles. The van der Waals surface area contributed by atoms with E-state index in [1.807, 2.05) is 20.8 Å². The van der Waals surface area contributed by atoms with Crippen molar-refractivity contribution in [3.8, 4) is 0 Å². The Morgan fingerprint density at radius 3 is 2.81 bits per heavy atom. The van der Waals surface area contributed by atoms with Crippen LogP contribution in [0.3, 0.4) is 0 Å². The molecule has 0 bridgehead atoms. The van der Waals surface area contributed by atoms with Crippen molar-refractivity contribution in [2.45, 2.75) is 51.7 Å². The van der Waals surface area contributed by atoms with Crippen molar-refractivity contribution in [3.05, 3.63) is 0 Å². The third-order valence-electron chi connectivity index (χ3n) is 2.32. The maximum absolute atomic E-state index is 11.4. The number of rotatable bonds is 5. The third kappa shape index (κ3) is 6.08. The molecule has 1 aliphatic heterocycles. The molecular weight excluding hydrogens is 206 g/mol. The smallest absolute Gasteiger partial charge is 0.307 e. The zero-order valence-electron chi connectivity index (χ0n) is 10.5. The lowest BCUT2D eigenvalue weighted by Crippen LogP contribution is -2.30. The van der Waals surface area contributed by atoms with Crippen molar-refractivity contribution in [2.75, 3.05) is 19.7 Å². The van der Waals surface area contributed by atoms with Gasteiger partial charge in [-0.15, -0.1) is 0 Å². The molecule has 0 spiro atoms. The number of ether oxygens (including phenoxy) is 2. The lowest BCUT2D eigenvalue weighted by atomic mass is 10.2. The van der Waals surface area contributed by atoms with Crippen molar-refractivity contribution in [1.29, 1.82) is 0 Å². The quantitative estimate of drug-likeness (QED) is 0.573. The van der Waals surface area contributed by atoms with Crippen molar-refractivity contribution in [1.82, 2.24) is 5.32 Å². The highest BCUT2D eigenvalue weighted by atomic mass is 16.6. The highest BCUT2D eigenvalue weighted by Crippen LogP contribution is 2.10. The topological polar surface area (TPSA) is 47.6 Å². The van der Waals surface area contributed by atoms with Crippen LogP contribution in [0.1, 0.15) is 40.0 Å². The Hall–Kier alpha value is -0.610. The number of esters is 1. The molecule has 1 atom stereocenters. The monoisotopic (exact) mass is 229 g/mol. The van der Waals surface area contributed by atoms with Gasteiger partial charge in [0.05, 0.1) is 12.5 Å². The first kappa shape index (κ1) is 13.5. The number of nitrogens with one attached hydrogen (secondary N) is 1. The fraction of sp³-hybridized carbons (Fsp3) is 0.917. The maximum Gasteiger partial charge on any atom is 0.307 e. The van der Waals surface area contributed by atoms with Crippen LogP contribution in [-0.4, -0.2) is 37.4 Å². The molecule has 4 heteroatoms. The van der Waals surface area contributed by atoms with Crippen LogP contribution in [-0.2, 0) is 14.3 Å². The molecule has 1 N–H and O–H groups in total. The SMILES string of the molecule is CC(C)(C)OC(=O)CCNC[C@@H]1CCCO1. The number of carbonyl (C=O) groups is 1. The van der Waals surface area contributed by atoms with E-state index in [1.165, 1.54) is 0 Å². The predicted octanol–water partition coefficient (Wildman–Crippen LogP) is 1.49. The molecule has 1 saturated heterocycles. The lowest BCUT2D eigenvalue weighted by molar-refractivity contribution is -0.154. The van der Waals surface area contributed by atoms with Gasteiger partial charge in [-0.3, -0.25) is 4.79 Å². The van der Waals surface area contributed by atoms with Crippen LogP contribution in [0.2, 0.25) is 0 Å². The van der Waals surface area contributed by atoms with E-state index in [0.29, 0.717) is 19.1 Å². The Morgan fingerprint density at radius 2 is 2.25 bits per heavy atom. The average molecular weight is 229 g/mol. The second-order valence-corrected chi connectivity index (χ2v) is 5.18. The molecule has 1 rings (SSSR count). The Morgan fingerprint density at radius 1 is 1.50 bits per heavy atom. The first-order chi connectivity index (χ1) is 7.47. The summed E-state index contributed by atoms with van der Waals surface area (Å²) >= 11 is 0. The van der Waals surface area contributed by atoms with Gasteiger partial charge in [0.2, 0.25) is 0 Å². The average Bonchev–Trinajstić information content (AvgIpc) is 2.62. The molecule has 1 fully saturated rings. The largest absolute Gasteiger partial charge is 0.460 e. The summed E-state index contributed by atoms with van der Waals surface area (Å²) < 4.78 is 10.7. The highest BCUT2D eigenvalue weighted by Gasteiger charge is 2.17. The van der Waals surface area contributed by atoms with E-state index >= 15 is 0 Å². The lowest BCUT2D eigenvalue weighted by Gasteiger charge is -2.19.